The van der Waals surface area contributed by atoms with Crippen LogP contribution in [0, 0.1) is 11.8 Å². The lowest BCUT2D eigenvalue weighted by molar-refractivity contribution is -0.125. The Balaban J connectivity index is 1.61. The molecular weight excluding hydrogens is 383 g/mol. The van der Waals surface area contributed by atoms with Gasteiger partial charge in [0.25, 0.3) is 11.1 Å². The van der Waals surface area contributed by atoms with Crippen LogP contribution in [0.3, 0.4) is 0 Å². The molecule has 1 saturated heterocycles. The van der Waals surface area contributed by atoms with Gasteiger partial charge in [0.05, 0.1) is 4.91 Å². The van der Waals surface area contributed by atoms with Crippen molar-refractivity contribution in [1.29, 1.82) is 0 Å². The lowest BCUT2D eigenvalue weighted by Crippen LogP contribution is -2.37. The molecule has 3 amide bonds. The van der Waals surface area contributed by atoms with E-state index in [1.165, 1.54) is 0 Å². The van der Waals surface area contributed by atoms with Gasteiger partial charge in [-0.25, -0.2) is 0 Å². The molecule has 1 aromatic rings. The van der Waals surface area contributed by atoms with Gasteiger partial charge in [0.2, 0.25) is 5.91 Å². The van der Waals surface area contributed by atoms with Crippen LogP contribution in [-0.4, -0.2) is 35.0 Å². The van der Waals surface area contributed by atoms with Crippen LogP contribution >= 0.6 is 35.0 Å². The van der Waals surface area contributed by atoms with Gasteiger partial charge in [-0.15, -0.1) is 0 Å². The maximum absolute atomic E-state index is 12.4. The Morgan fingerprint density at radius 3 is 2.76 bits per heavy atom. The Kier molecular flexibility index (Phi) is 5.41. The van der Waals surface area contributed by atoms with E-state index in [-0.39, 0.29) is 36.1 Å². The Morgan fingerprint density at radius 2 is 2.12 bits per heavy atom. The van der Waals surface area contributed by atoms with Gasteiger partial charge in [-0.3, -0.25) is 19.3 Å². The summed E-state index contributed by atoms with van der Waals surface area (Å²) in [6.07, 6.45) is 2.48. The van der Waals surface area contributed by atoms with Gasteiger partial charge in [-0.1, -0.05) is 36.2 Å². The van der Waals surface area contributed by atoms with E-state index >= 15 is 0 Å². The number of halogens is 2. The first-order chi connectivity index (χ1) is 11.9. The summed E-state index contributed by atoms with van der Waals surface area (Å²) >= 11 is 12.8. The van der Waals surface area contributed by atoms with Crippen molar-refractivity contribution in [3.05, 3.63) is 38.7 Å². The number of hydrogen-bond donors (Lipinski definition) is 1. The summed E-state index contributed by atoms with van der Waals surface area (Å²) in [6.45, 7) is 2.44. The molecule has 25 heavy (non-hydrogen) atoms. The van der Waals surface area contributed by atoms with Crippen LogP contribution in [0.2, 0.25) is 10.0 Å². The summed E-state index contributed by atoms with van der Waals surface area (Å²) in [5.74, 6) is 0.101. The molecule has 2 unspecified atom stereocenters. The van der Waals surface area contributed by atoms with E-state index in [4.69, 9.17) is 23.2 Å². The minimum Gasteiger partial charge on any atom is -0.354 e. The summed E-state index contributed by atoms with van der Waals surface area (Å²) in [5, 5.41) is 3.33. The van der Waals surface area contributed by atoms with Crippen LogP contribution < -0.4 is 5.32 Å². The average molecular weight is 399 g/mol. The van der Waals surface area contributed by atoms with Gasteiger partial charge in [0, 0.05) is 29.1 Å². The molecule has 1 heterocycles. The fraction of sp³-hybridized carbons (Fsp3) is 0.353. The van der Waals surface area contributed by atoms with Gasteiger partial charge in [-0.05, 0) is 47.9 Å². The van der Waals surface area contributed by atoms with Crippen LogP contribution in [0.5, 0.6) is 0 Å². The molecule has 1 N–H and O–H groups in total. The third kappa shape index (κ3) is 4.19. The summed E-state index contributed by atoms with van der Waals surface area (Å²) in [6, 6.07) is 4.93. The molecule has 1 aliphatic carbocycles. The van der Waals surface area contributed by atoms with Gasteiger partial charge < -0.3 is 5.32 Å². The topological polar surface area (TPSA) is 66.5 Å². The number of rotatable bonds is 5. The summed E-state index contributed by atoms with van der Waals surface area (Å²) < 4.78 is 0. The second-order valence-corrected chi connectivity index (χ2v) is 7.95. The summed E-state index contributed by atoms with van der Waals surface area (Å²) in [7, 11) is 0. The van der Waals surface area contributed by atoms with E-state index in [2.05, 4.69) is 5.32 Å². The van der Waals surface area contributed by atoms with Crippen molar-refractivity contribution in [2.75, 3.05) is 13.1 Å². The van der Waals surface area contributed by atoms with Crippen LogP contribution in [0.15, 0.2) is 23.1 Å². The van der Waals surface area contributed by atoms with Crippen molar-refractivity contribution >= 4 is 58.1 Å². The monoisotopic (exact) mass is 398 g/mol. The second-order valence-electron chi connectivity index (χ2n) is 6.11. The zero-order valence-corrected chi connectivity index (χ0v) is 15.7. The van der Waals surface area contributed by atoms with E-state index in [1.807, 2.05) is 6.92 Å². The predicted octanol–water partition coefficient (Wildman–Crippen LogP) is 3.80. The third-order valence-corrected chi connectivity index (χ3v) is 5.67. The summed E-state index contributed by atoms with van der Waals surface area (Å²) in [4.78, 5) is 37.7. The molecule has 0 aromatic heterocycles. The standard InChI is InChI=1S/C17H16Cl2N2O3S/c1-9-6-12(9)15(22)20-4-5-21-16(23)14(25-17(21)24)7-10-2-3-11(18)8-13(10)19/h2-3,7-9,12H,4-6H2,1H3,(H,20,22). The summed E-state index contributed by atoms with van der Waals surface area (Å²) in [5.41, 5.74) is 0.618. The quantitative estimate of drug-likeness (QED) is 0.765. The maximum Gasteiger partial charge on any atom is 0.293 e. The molecule has 1 aliphatic heterocycles. The van der Waals surface area contributed by atoms with Crippen LogP contribution in [0.1, 0.15) is 18.9 Å². The fourth-order valence-electron chi connectivity index (χ4n) is 2.56. The van der Waals surface area contributed by atoms with E-state index in [0.29, 0.717) is 26.4 Å². The number of amides is 3. The molecular formula is C17H16Cl2N2O3S. The lowest BCUT2D eigenvalue weighted by Gasteiger charge is -2.12. The Hall–Kier alpha value is -1.50. The van der Waals surface area contributed by atoms with Crippen molar-refractivity contribution in [2.45, 2.75) is 13.3 Å². The molecule has 2 aliphatic rings. The average Bonchev–Trinajstić information content (AvgIpc) is 3.23. The molecule has 8 heteroatoms. The number of benzene rings is 1. The van der Waals surface area contributed by atoms with E-state index in [0.717, 1.165) is 23.1 Å². The normalized spacial score (nSPS) is 24.1. The molecule has 5 nitrogen and oxygen atoms in total. The SMILES string of the molecule is CC1CC1C(=O)NCCN1C(=O)SC(=Cc2ccc(Cl)cc2Cl)C1=O. The number of nitrogens with one attached hydrogen (secondary N) is 1. The highest BCUT2D eigenvalue weighted by Gasteiger charge is 2.39. The molecule has 2 fully saturated rings. The van der Waals surface area contributed by atoms with Gasteiger partial charge in [-0.2, -0.15) is 0 Å². The van der Waals surface area contributed by atoms with Crippen LogP contribution in [0.25, 0.3) is 6.08 Å². The van der Waals surface area contributed by atoms with E-state index in [1.54, 1.807) is 24.3 Å². The highest BCUT2D eigenvalue weighted by Crippen LogP contribution is 2.37. The highest BCUT2D eigenvalue weighted by molar-refractivity contribution is 8.18. The highest BCUT2D eigenvalue weighted by atomic mass is 35.5. The Labute approximate surface area is 159 Å². The fourth-order valence-corrected chi connectivity index (χ4v) is 3.88. The second kappa shape index (κ2) is 7.40. The minimum atomic E-state index is -0.380. The van der Waals surface area contributed by atoms with Crippen LogP contribution in [0.4, 0.5) is 4.79 Å². The number of nitrogens with zero attached hydrogens (tertiary/aromatic N) is 1. The molecule has 0 bridgehead atoms. The van der Waals surface area contributed by atoms with E-state index < -0.39 is 0 Å². The van der Waals surface area contributed by atoms with Crippen molar-refractivity contribution < 1.29 is 14.4 Å². The maximum atomic E-state index is 12.4. The van der Waals surface area contributed by atoms with Crippen molar-refractivity contribution in [3.8, 4) is 0 Å². The van der Waals surface area contributed by atoms with Gasteiger partial charge >= 0.3 is 0 Å². The third-order valence-electron chi connectivity index (χ3n) is 4.20. The Bertz CT molecular complexity index is 781. The smallest absolute Gasteiger partial charge is 0.293 e. The van der Waals surface area contributed by atoms with Gasteiger partial charge in [0.1, 0.15) is 0 Å². The first kappa shape index (κ1) is 18.3. The number of carbonyl (C=O) groups excluding carboxylic acids is 3. The number of carbonyl (C=O) groups is 3. The zero-order valence-electron chi connectivity index (χ0n) is 13.4. The predicted molar refractivity (Wildman–Crippen MR) is 99.4 cm³/mol. The number of hydrogen-bond acceptors (Lipinski definition) is 4. The first-order valence-electron chi connectivity index (χ1n) is 7.85. The van der Waals surface area contributed by atoms with Gasteiger partial charge in [0.15, 0.2) is 0 Å². The largest absolute Gasteiger partial charge is 0.354 e. The molecule has 132 valence electrons. The molecule has 2 atom stereocenters. The lowest BCUT2D eigenvalue weighted by atomic mass is 10.2. The molecule has 1 aromatic carbocycles. The number of thioether (sulfide) groups is 1. The molecule has 1 saturated carbocycles. The van der Waals surface area contributed by atoms with Crippen LogP contribution in [-0.2, 0) is 9.59 Å². The first-order valence-corrected chi connectivity index (χ1v) is 9.42. The van der Waals surface area contributed by atoms with E-state index in [9.17, 15) is 14.4 Å². The molecule has 3 rings (SSSR count). The Morgan fingerprint density at radius 1 is 1.40 bits per heavy atom. The number of imide groups is 1. The molecule has 0 spiro atoms. The molecule has 0 radical (unpaired) electrons. The zero-order chi connectivity index (χ0) is 18.1. The van der Waals surface area contributed by atoms with Crippen molar-refractivity contribution in [3.63, 3.8) is 0 Å². The van der Waals surface area contributed by atoms with Crippen molar-refractivity contribution in [1.82, 2.24) is 10.2 Å². The minimum absolute atomic E-state index is 0.0111. The van der Waals surface area contributed by atoms with Crippen molar-refractivity contribution in [2.24, 2.45) is 11.8 Å².